The van der Waals surface area contributed by atoms with Crippen molar-refractivity contribution in [3.63, 3.8) is 0 Å². The minimum absolute atomic E-state index is 0.131. The Kier molecular flexibility index (Phi) is 2.54. The third-order valence-electron chi connectivity index (χ3n) is 2.09. The maximum Gasteiger partial charge on any atom is 0.251 e. The van der Waals surface area contributed by atoms with Crippen LogP contribution in [-0.2, 0) is 0 Å². The van der Waals surface area contributed by atoms with E-state index in [2.05, 4.69) is 21.2 Å². The van der Waals surface area contributed by atoms with Crippen molar-refractivity contribution in [1.29, 1.82) is 0 Å². The minimum atomic E-state index is -0.354. The summed E-state index contributed by atoms with van der Waals surface area (Å²) >= 11 is 3.04. The average Bonchev–Trinajstić information content (AvgIpc) is 2.93. The van der Waals surface area contributed by atoms with Crippen LogP contribution in [0.4, 0.5) is 4.39 Å². The van der Waals surface area contributed by atoms with Gasteiger partial charge in [0.1, 0.15) is 5.82 Å². The number of halogens is 2. The van der Waals surface area contributed by atoms with Crippen LogP contribution in [0.3, 0.4) is 0 Å². The van der Waals surface area contributed by atoms with Crippen molar-refractivity contribution in [2.45, 2.75) is 18.9 Å². The number of hydrogen-bond donors (Lipinski definition) is 1. The first-order valence-corrected chi connectivity index (χ1v) is 5.22. The van der Waals surface area contributed by atoms with Crippen LogP contribution in [0.25, 0.3) is 0 Å². The first-order chi connectivity index (χ1) is 6.66. The molecule has 1 aromatic rings. The molecule has 0 atom stereocenters. The fourth-order valence-electron chi connectivity index (χ4n) is 1.13. The minimum Gasteiger partial charge on any atom is -0.349 e. The van der Waals surface area contributed by atoms with Crippen LogP contribution in [0.15, 0.2) is 22.7 Å². The largest absolute Gasteiger partial charge is 0.349 e. The van der Waals surface area contributed by atoms with Gasteiger partial charge in [-0.3, -0.25) is 4.79 Å². The molecule has 1 aromatic carbocycles. The van der Waals surface area contributed by atoms with E-state index in [9.17, 15) is 9.18 Å². The molecule has 0 aliphatic heterocycles. The number of amides is 1. The summed E-state index contributed by atoms with van der Waals surface area (Å²) in [6, 6.07) is 4.59. The second kappa shape index (κ2) is 3.69. The number of rotatable bonds is 2. The average molecular weight is 258 g/mol. The van der Waals surface area contributed by atoms with Gasteiger partial charge in [-0.25, -0.2) is 4.39 Å². The van der Waals surface area contributed by atoms with E-state index >= 15 is 0 Å². The SMILES string of the molecule is O=C(NC1CC1)c1ccc(F)c(Br)c1. The van der Waals surface area contributed by atoms with E-state index in [0.29, 0.717) is 16.1 Å². The molecule has 2 rings (SSSR count). The summed E-state index contributed by atoms with van der Waals surface area (Å²) in [5.41, 5.74) is 0.491. The predicted molar refractivity (Wildman–Crippen MR) is 54.6 cm³/mol. The smallest absolute Gasteiger partial charge is 0.251 e. The summed E-state index contributed by atoms with van der Waals surface area (Å²) in [4.78, 5) is 11.5. The van der Waals surface area contributed by atoms with Gasteiger partial charge in [-0.2, -0.15) is 0 Å². The first kappa shape index (κ1) is 9.65. The van der Waals surface area contributed by atoms with Gasteiger partial charge >= 0.3 is 0 Å². The quantitative estimate of drug-likeness (QED) is 0.867. The molecule has 1 N–H and O–H groups in total. The van der Waals surface area contributed by atoms with Crippen molar-refractivity contribution < 1.29 is 9.18 Å². The van der Waals surface area contributed by atoms with E-state index in [1.165, 1.54) is 18.2 Å². The van der Waals surface area contributed by atoms with Crippen LogP contribution in [0.5, 0.6) is 0 Å². The summed E-state index contributed by atoms with van der Waals surface area (Å²) in [7, 11) is 0. The lowest BCUT2D eigenvalue weighted by Gasteiger charge is -2.03. The Bertz CT molecular complexity index is 376. The molecule has 4 heteroatoms. The van der Waals surface area contributed by atoms with Gasteiger partial charge in [-0.05, 0) is 47.0 Å². The summed E-state index contributed by atoms with van der Waals surface area (Å²) in [5.74, 6) is -0.485. The summed E-state index contributed by atoms with van der Waals surface area (Å²) in [5, 5.41) is 2.83. The lowest BCUT2D eigenvalue weighted by Crippen LogP contribution is -2.25. The standard InChI is InChI=1S/C10H9BrFNO/c11-8-5-6(1-4-9(8)12)10(14)13-7-2-3-7/h1,4-5,7H,2-3H2,(H,13,14). The molecule has 1 aliphatic rings. The second-order valence-corrected chi connectivity index (χ2v) is 4.23. The van der Waals surface area contributed by atoms with E-state index in [0.717, 1.165) is 12.8 Å². The van der Waals surface area contributed by atoms with Gasteiger partial charge in [0.25, 0.3) is 5.91 Å². The third-order valence-corrected chi connectivity index (χ3v) is 2.70. The van der Waals surface area contributed by atoms with Crippen LogP contribution in [-0.4, -0.2) is 11.9 Å². The highest BCUT2D eigenvalue weighted by Gasteiger charge is 2.23. The van der Waals surface area contributed by atoms with E-state index in [-0.39, 0.29) is 11.7 Å². The molecule has 1 amide bonds. The molecule has 0 aromatic heterocycles. The molecule has 1 saturated carbocycles. The fourth-order valence-corrected chi connectivity index (χ4v) is 1.51. The third kappa shape index (κ3) is 2.12. The van der Waals surface area contributed by atoms with E-state index in [1.807, 2.05) is 0 Å². The zero-order chi connectivity index (χ0) is 10.1. The van der Waals surface area contributed by atoms with E-state index < -0.39 is 0 Å². The second-order valence-electron chi connectivity index (χ2n) is 3.38. The monoisotopic (exact) mass is 257 g/mol. The number of carbonyl (C=O) groups is 1. The van der Waals surface area contributed by atoms with Crippen LogP contribution >= 0.6 is 15.9 Å². The zero-order valence-corrected chi connectivity index (χ0v) is 8.97. The van der Waals surface area contributed by atoms with E-state index in [1.54, 1.807) is 0 Å². The molecule has 0 spiro atoms. The number of benzene rings is 1. The lowest BCUT2D eigenvalue weighted by atomic mass is 10.2. The maximum atomic E-state index is 12.9. The summed E-state index contributed by atoms with van der Waals surface area (Å²) < 4.78 is 13.2. The molecule has 0 radical (unpaired) electrons. The molecule has 14 heavy (non-hydrogen) atoms. The molecular weight excluding hydrogens is 249 g/mol. The van der Waals surface area contributed by atoms with Gasteiger partial charge in [-0.1, -0.05) is 0 Å². The molecule has 0 saturated heterocycles. The Morgan fingerprint density at radius 2 is 2.21 bits per heavy atom. The van der Waals surface area contributed by atoms with Crippen molar-refractivity contribution in [2.24, 2.45) is 0 Å². The molecular formula is C10H9BrFNO. The number of hydrogen-bond acceptors (Lipinski definition) is 1. The van der Waals surface area contributed by atoms with Crippen molar-refractivity contribution in [2.75, 3.05) is 0 Å². The van der Waals surface area contributed by atoms with Crippen molar-refractivity contribution in [3.05, 3.63) is 34.1 Å². The van der Waals surface area contributed by atoms with Gasteiger partial charge in [0, 0.05) is 11.6 Å². The Morgan fingerprint density at radius 3 is 2.79 bits per heavy atom. The van der Waals surface area contributed by atoms with Gasteiger partial charge in [-0.15, -0.1) is 0 Å². The highest BCUT2D eigenvalue weighted by molar-refractivity contribution is 9.10. The lowest BCUT2D eigenvalue weighted by molar-refractivity contribution is 0.0951. The van der Waals surface area contributed by atoms with Gasteiger partial charge < -0.3 is 5.32 Å². The van der Waals surface area contributed by atoms with Gasteiger partial charge in [0.05, 0.1) is 4.47 Å². The maximum absolute atomic E-state index is 12.9. The van der Waals surface area contributed by atoms with E-state index in [4.69, 9.17) is 0 Å². The molecule has 0 bridgehead atoms. The van der Waals surface area contributed by atoms with Crippen LogP contribution in [0.1, 0.15) is 23.2 Å². The van der Waals surface area contributed by atoms with Gasteiger partial charge in [0.15, 0.2) is 0 Å². The van der Waals surface area contributed by atoms with Crippen LogP contribution < -0.4 is 5.32 Å². The Balaban J connectivity index is 2.14. The van der Waals surface area contributed by atoms with Crippen molar-refractivity contribution in [1.82, 2.24) is 5.32 Å². The van der Waals surface area contributed by atoms with Crippen LogP contribution in [0, 0.1) is 5.82 Å². The normalized spacial score (nSPS) is 15.3. The molecule has 0 heterocycles. The Hall–Kier alpha value is -0.900. The Morgan fingerprint density at radius 1 is 1.50 bits per heavy atom. The highest BCUT2D eigenvalue weighted by Crippen LogP contribution is 2.21. The number of nitrogens with one attached hydrogen (secondary N) is 1. The molecule has 1 fully saturated rings. The van der Waals surface area contributed by atoms with Crippen LogP contribution in [0.2, 0.25) is 0 Å². The Labute approximate surface area is 89.6 Å². The molecule has 0 unspecified atom stereocenters. The van der Waals surface area contributed by atoms with Crippen molar-refractivity contribution in [3.8, 4) is 0 Å². The molecule has 1 aliphatic carbocycles. The van der Waals surface area contributed by atoms with Crippen molar-refractivity contribution >= 4 is 21.8 Å². The molecule has 74 valence electrons. The summed E-state index contributed by atoms with van der Waals surface area (Å²) in [6.45, 7) is 0. The highest BCUT2D eigenvalue weighted by atomic mass is 79.9. The topological polar surface area (TPSA) is 29.1 Å². The predicted octanol–water partition coefficient (Wildman–Crippen LogP) is 2.48. The molecule has 2 nitrogen and oxygen atoms in total. The number of carbonyl (C=O) groups excluding carboxylic acids is 1. The zero-order valence-electron chi connectivity index (χ0n) is 7.39. The summed E-state index contributed by atoms with van der Waals surface area (Å²) in [6.07, 6.45) is 2.10. The van der Waals surface area contributed by atoms with Gasteiger partial charge in [0.2, 0.25) is 0 Å². The fraction of sp³-hybridized carbons (Fsp3) is 0.300. The first-order valence-electron chi connectivity index (χ1n) is 4.43.